The maximum atomic E-state index is 10.5. The fourth-order valence-corrected chi connectivity index (χ4v) is 2.04. The Morgan fingerprint density at radius 3 is 1.53 bits per heavy atom. The van der Waals surface area contributed by atoms with Gasteiger partial charge in [-0.3, -0.25) is 0 Å². The van der Waals surface area contributed by atoms with Crippen molar-refractivity contribution >= 4 is 7.85 Å². The summed E-state index contributed by atoms with van der Waals surface area (Å²) in [6.45, 7) is 12.9. The molecule has 0 aromatic heterocycles. The molecule has 0 heterocycles. The summed E-state index contributed by atoms with van der Waals surface area (Å²) in [5.41, 5.74) is 3.38. The van der Waals surface area contributed by atoms with Gasteiger partial charge in [-0.15, -0.1) is 0 Å². The van der Waals surface area contributed by atoms with E-state index in [4.69, 9.17) is 0 Å². The second-order valence-electron chi connectivity index (χ2n) is 6.89. The Hall–Kier alpha value is -0.915. The third-order valence-electron chi connectivity index (χ3n) is 3.19. The van der Waals surface area contributed by atoms with Crippen LogP contribution in [-0.2, 0) is 17.2 Å². The molecule has 1 aromatic carbocycles. The molecule has 1 rings (SSSR count). The second-order valence-corrected chi connectivity index (χ2v) is 6.89. The van der Waals surface area contributed by atoms with E-state index < -0.39 is 0 Å². The number of hydrogen-bond donors (Lipinski definition) is 1. The first-order valence-corrected chi connectivity index (χ1v) is 6.44. The standard InChI is InChI=1S/C15H25BO/c1-14(2,3)11-7-10(9-16)8-12(13(11)17)15(4,5)6/h7-8,17H,9,16H2,1-6H3. The van der Waals surface area contributed by atoms with Gasteiger partial charge in [0.05, 0.1) is 0 Å². The zero-order valence-corrected chi connectivity index (χ0v) is 12.3. The van der Waals surface area contributed by atoms with Gasteiger partial charge in [-0.25, -0.2) is 0 Å². The maximum absolute atomic E-state index is 10.5. The zero-order chi connectivity index (χ0) is 13.4. The maximum Gasteiger partial charge on any atom is 0.123 e. The van der Waals surface area contributed by atoms with E-state index in [0.717, 1.165) is 17.4 Å². The molecule has 2 heteroatoms. The van der Waals surface area contributed by atoms with E-state index >= 15 is 0 Å². The highest BCUT2D eigenvalue weighted by atomic mass is 16.3. The van der Waals surface area contributed by atoms with Crippen molar-refractivity contribution in [2.45, 2.75) is 58.7 Å². The Labute approximate surface area is 107 Å². The number of rotatable bonds is 1. The molecule has 0 saturated carbocycles. The molecule has 0 spiro atoms. The van der Waals surface area contributed by atoms with Crippen LogP contribution in [0.5, 0.6) is 5.75 Å². The molecule has 0 amide bonds. The van der Waals surface area contributed by atoms with Crippen molar-refractivity contribution < 1.29 is 5.11 Å². The second kappa shape index (κ2) is 4.40. The molecule has 0 atom stereocenters. The Bertz CT molecular complexity index is 373. The normalized spacial score (nSPS) is 12.8. The summed E-state index contributed by atoms with van der Waals surface area (Å²) in [5.74, 6) is 0.474. The summed E-state index contributed by atoms with van der Waals surface area (Å²) in [6, 6.07) is 4.29. The van der Waals surface area contributed by atoms with Crippen molar-refractivity contribution in [3.05, 3.63) is 28.8 Å². The van der Waals surface area contributed by atoms with Gasteiger partial charge < -0.3 is 5.11 Å². The van der Waals surface area contributed by atoms with Gasteiger partial charge >= 0.3 is 0 Å². The number of benzene rings is 1. The Morgan fingerprint density at radius 1 is 0.941 bits per heavy atom. The van der Waals surface area contributed by atoms with E-state index in [9.17, 15) is 5.11 Å². The van der Waals surface area contributed by atoms with Crippen LogP contribution in [0.15, 0.2) is 12.1 Å². The van der Waals surface area contributed by atoms with Gasteiger partial charge in [0.15, 0.2) is 0 Å². The van der Waals surface area contributed by atoms with Crippen molar-refractivity contribution in [3.63, 3.8) is 0 Å². The minimum atomic E-state index is -0.0186. The van der Waals surface area contributed by atoms with E-state index in [1.54, 1.807) is 0 Å². The third-order valence-corrected chi connectivity index (χ3v) is 3.19. The number of hydrogen-bond acceptors (Lipinski definition) is 1. The first kappa shape index (κ1) is 14.1. The average molecular weight is 232 g/mol. The topological polar surface area (TPSA) is 20.2 Å². The fraction of sp³-hybridized carbons (Fsp3) is 0.600. The largest absolute Gasteiger partial charge is 0.507 e. The monoisotopic (exact) mass is 232 g/mol. The lowest BCUT2D eigenvalue weighted by molar-refractivity contribution is 0.423. The van der Waals surface area contributed by atoms with Gasteiger partial charge in [0.1, 0.15) is 13.6 Å². The summed E-state index contributed by atoms with van der Waals surface area (Å²) in [4.78, 5) is 0. The van der Waals surface area contributed by atoms with E-state index in [0.29, 0.717) is 5.75 Å². The first-order valence-electron chi connectivity index (χ1n) is 6.44. The van der Waals surface area contributed by atoms with E-state index in [-0.39, 0.29) is 10.8 Å². The molecular weight excluding hydrogens is 207 g/mol. The van der Waals surface area contributed by atoms with Crippen molar-refractivity contribution in [2.75, 3.05) is 0 Å². The molecule has 0 aliphatic rings. The van der Waals surface area contributed by atoms with Crippen LogP contribution in [0, 0.1) is 0 Å². The molecular formula is C15H25BO. The van der Waals surface area contributed by atoms with Crippen LogP contribution in [0.4, 0.5) is 0 Å². The summed E-state index contributed by atoms with van der Waals surface area (Å²) in [6.07, 6.45) is 1.01. The minimum Gasteiger partial charge on any atom is -0.507 e. The molecule has 1 nitrogen and oxygen atoms in total. The summed E-state index contributed by atoms with van der Waals surface area (Å²) < 4.78 is 0. The van der Waals surface area contributed by atoms with Crippen molar-refractivity contribution in [3.8, 4) is 5.75 Å². The molecule has 0 aliphatic carbocycles. The highest BCUT2D eigenvalue weighted by molar-refractivity contribution is 6.08. The zero-order valence-electron chi connectivity index (χ0n) is 12.3. The lowest BCUT2D eigenvalue weighted by atomic mass is 9.77. The van der Waals surface area contributed by atoms with Gasteiger partial charge in [0.2, 0.25) is 0 Å². The van der Waals surface area contributed by atoms with Gasteiger partial charge in [-0.1, -0.05) is 65.6 Å². The molecule has 94 valence electrons. The number of phenolic OH excluding ortho intramolecular Hbond substituents is 1. The van der Waals surface area contributed by atoms with Crippen molar-refractivity contribution in [1.82, 2.24) is 0 Å². The van der Waals surface area contributed by atoms with E-state index in [1.165, 1.54) is 5.56 Å². The van der Waals surface area contributed by atoms with Crippen LogP contribution >= 0.6 is 0 Å². The Morgan fingerprint density at radius 2 is 1.29 bits per heavy atom. The molecule has 0 unspecified atom stereocenters. The van der Waals surface area contributed by atoms with Crippen molar-refractivity contribution in [2.24, 2.45) is 0 Å². The Balaban J connectivity index is 3.53. The molecule has 0 saturated heterocycles. The smallest absolute Gasteiger partial charge is 0.123 e. The highest BCUT2D eigenvalue weighted by Crippen LogP contribution is 2.39. The lowest BCUT2D eigenvalue weighted by Gasteiger charge is -2.28. The number of phenols is 1. The lowest BCUT2D eigenvalue weighted by Crippen LogP contribution is -2.17. The van der Waals surface area contributed by atoms with Crippen LogP contribution in [0.25, 0.3) is 0 Å². The van der Waals surface area contributed by atoms with Crippen LogP contribution in [0.3, 0.4) is 0 Å². The van der Waals surface area contributed by atoms with Crippen LogP contribution in [0.1, 0.15) is 58.2 Å². The molecule has 17 heavy (non-hydrogen) atoms. The molecule has 0 radical (unpaired) electrons. The predicted molar refractivity (Wildman–Crippen MR) is 77.8 cm³/mol. The van der Waals surface area contributed by atoms with Gasteiger partial charge in [0, 0.05) is 0 Å². The predicted octanol–water partition coefficient (Wildman–Crippen LogP) is 3.12. The van der Waals surface area contributed by atoms with Crippen LogP contribution < -0.4 is 0 Å². The summed E-state index contributed by atoms with van der Waals surface area (Å²) in [5, 5.41) is 10.5. The van der Waals surface area contributed by atoms with Crippen molar-refractivity contribution in [1.29, 1.82) is 0 Å². The van der Waals surface area contributed by atoms with E-state index in [2.05, 4.69) is 61.5 Å². The van der Waals surface area contributed by atoms with Crippen LogP contribution in [0.2, 0.25) is 0 Å². The molecule has 0 bridgehead atoms. The molecule has 1 N–H and O–H groups in total. The fourth-order valence-electron chi connectivity index (χ4n) is 2.04. The first-order chi connectivity index (χ1) is 7.57. The Kier molecular flexibility index (Phi) is 3.66. The average Bonchev–Trinajstić information content (AvgIpc) is 2.14. The third kappa shape index (κ3) is 3.05. The molecule has 1 aromatic rings. The molecule has 0 aliphatic heterocycles. The molecule has 0 fully saturated rings. The quantitative estimate of drug-likeness (QED) is 0.737. The van der Waals surface area contributed by atoms with E-state index in [1.807, 2.05) is 0 Å². The van der Waals surface area contributed by atoms with Gasteiger partial charge in [0.25, 0.3) is 0 Å². The highest BCUT2D eigenvalue weighted by Gasteiger charge is 2.25. The SMILES string of the molecule is BCc1cc(C(C)(C)C)c(O)c(C(C)(C)C)c1. The van der Waals surface area contributed by atoms with Gasteiger partial charge in [-0.2, -0.15) is 0 Å². The minimum absolute atomic E-state index is 0.0186. The summed E-state index contributed by atoms with van der Waals surface area (Å²) in [7, 11) is 2.16. The summed E-state index contributed by atoms with van der Waals surface area (Å²) >= 11 is 0. The number of aromatic hydroxyl groups is 1. The van der Waals surface area contributed by atoms with Gasteiger partial charge in [-0.05, 0) is 22.0 Å². The van der Waals surface area contributed by atoms with Crippen LogP contribution in [-0.4, -0.2) is 13.0 Å².